The molecule has 0 amide bonds. The van der Waals surface area contributed by atoms with Gasteiger partial charge in [0.15, 0.2) is 0 Å². The van der Waals surface area contributed by atoms with E-state index in [0.717, 1.165) is 25.7 Å². The molecule has 1 rings (SSSR count). The van der Waals surface area contributed by atoms with Crippen LogP contribution in [0.25, 0.3) is 0 Å². The van der Waals surface area contributed by atoms with Crippen LogP contribution in [0.3, 0.4) is 0 Å². The van der Waals surface area contributed by atoms with E-state index in [0.29, 0.717) is 12.2 Å². The molecule has 0 aliphatic carbocycles. The van der Waals surface area contributed by atoms with Crippen LogP contribution in [0, 0.1) is 11.8 Å². The maximum Gasteiger partial charge on any atom is 0.338 e. The number of ether oxygens (including phenoxy) is 1. The van der Waals surface area contributed by atoms with Crippen LogP contribution in [0.5, 0.6) is 0 Å². The molecule has 0 aromatic heterocycles. The third-order valence-electron chi connectivity index (χ3n) is 3.73. The Morgan fingerprint density at radius 2 is 1.67 bits per heavy atom. The second-order valence-electron chi connectivity index (χ2n) is 5.86. The SMILES string of the molecule is CC/C=C/C#CCCCCCCCCCOC(=O)c1ccccc1. The molecule has 0 radical (unpaired) electrons. The van der Waals surface area contributed by atoms with Crippen LogP contribution in [0.15, 0.2) is 42.5 Å². The summed E-state index contributed by atoms with van der Waals surface area (Å²) in [4.78, 5) is 11.7. The third kappa shape index (κ3) is 10.7. The number of unbranched alkanes of at least 4 members (excludes halogenated alkanes) is 7. The first-order valence-electron chi connectivity index (χ1n) is 9.20. The lowest BCUT2D eigenvalue weighted by molar-refractivity contribution is 0.0497. The number of carbonyl (C=O) groups excluding carboxylic acids is 1. The molecule has 0 bridgehead atoms. The second-order valence-corrected chi connectivity index (χ2v) is 5.86. The molecule has 0 spiro atoms. The lowest BCUT2D eigenvalue weighted by Crippen LogP contribution is -2.06. The van der Waals surface area contributed by atoms with Gasteiger partial charge in [0.1, 0.15) is 0 Å². The summed E-state index contributed by atoms with van der Waals surface area (Å²) in [6.45, 7) is 2.64. The van der Waals surface area contributed by atoms with Gasteiger partial charge in [-0.3, -0.25) is 0 Å². The molecule has 0 N–H and O–H groups in total. The predicted octanol–water partition coefficient (Wildman–Crippen LogP) is 5.93. The van der Waals surface area contributed by atoms with Gasteiger partial charge in [-0.1, -0.05) is 75.1 Å². The van der Waals surface area contributed by atoms with E-state index >= 15 is 0 Å². The summed E-state index contributed by atoms with van der Waals surface area (Å²) in [6, 6.07) is 9.17. The van der Waals surface area contributed by atoms with E-state index in [1.54, 1.807) is 12.1 Å². The monoisotopic (exact) mass is 326 g/mol. The quantitative estimate of drug-likeness (QED) is 0.286. The molecule has 0 heterocycles. The summed E-state index contributed by atoms with van der Waals surface area (Å²) >= 11 is 0. The number of esters is 1. The summed E-state index contributed by atoms with van der Waals surface area (Å²) < 4.78 is 5.27. The average Bonchev–Trinajstić information content (AvgIpc) is 2.62. The highest BCUT2D eigenvalue weighted by molar-refractivity contribution is 5.89. The van der Waals surface area contributed by atoms with E-state index in [2.05, 4.69) is 24.8 Å². The number of rotatable bonds is 11. The fourth-order valence-corrected chi connectivity index (χ4v) is 2.33. The van der Waals surface area contributed by atoms with Crippen molar-refractivity contribution in [1.82, 2.24) is 0 Å². The minimum atomic E-state index is -0.217. The zero-order valence-electron chi connectivity index (χ0n) is 14.9. The van der Waals surface area contributed by atoms with Crippen molar-refractivity contribution in [3.05, 3.63) is 48.0 Å². The minimum absolute atomic E-state index is 0.217. The van der Waals surface area contributed by atoms with Crippen molar-refractivity contribution in [1.29, 1.82) is 0 Å². The number of allylic oxidation sites excluding steroid dienone is 2. The van der Waals surface area contributed by atoms with Crippen LogP contribution in [0.4, 0.5) is 0 Å². The maximum atomic E-state index is 11.7. The van der Waals surface area contributed by atoms with Gasteiger partial charge in [0.05, 0.1) is 12.2 Å². The van der Waals surface area contributed by atoms with Crippen LogP contribution in [0.2, 0.25) is 0 Å². The molecule has 0 aliphatic rings. The summed E-state index contributed by atoms with van der Waals surface area (Å²) in [5.74, 6) is 6.02. The molecule has 2 heteroatoms. The molecule has 0 aliphatic heterocycles. The highest BCUT2D eigenvalue weighted by Gasteiger charge is 2.04. The van der Waals surface area contributed by atoms with Gasteiger partial charge in [-0.2, -0.15) is 0 Å². The highest BCUT2D eigenvalue weighted by atomic mass is 16.5. The predicted molar refractivity (Wildman–Crippen MR) is 101 cm³/mol. The van der Waals surface area contributed by atoms with E-state index < -0.39 is 0 Å². The summed E-state index contributed by atoms with van der Waals surface area (Å²) in [6.07, 6.45) is 14.4. The Morgan fingerprint density at radius 1 is 1.00 bits per heavy atom. The largest absolute Gasteiger partial charge is 0.462 e. The van der Waals surface area contributed by atoms with E-state index in [1.807, 2.05) is 24.3 Å². The van der Waals surface area contributed by atoms with Gasteiger partial charge in [0.25, 0.3) is 0 Å². The van der Waals surface area contributed by atoms with Gasteiger partial charge in [-0.05, 0) is 37.5 Å². The van der Waals surface area contributed by atoms with E-state index in [9.17, 15) is 4.79 Å². The van der Waals surface area contributed by atoms with E-state index in [4.69, 9.17) is 4.74 Å². The van der Waals surface area contributed by atoms with Gasteiger partial charge < -0.3 is 4.74 Å². The second kappa shape index (κ2) is 14.6. The van der Waals surface area contributed by atoms with Gasteiger partial charge in [0.2, 0.25) is 0 Å². The maximum absolute atomic E-state index is 11.7. The van der Waals surface area contributed by atoms with Gasteiger partial charge >= 0.3 is 5.97 Å². The van der Waals surface area contributed by atoms with Crippen LogP contribution >= 0.6 is 0 Å². The zero-order chi connectivity index (χ0) is 17.3. The normalized spacial score (nSPS) is 10.4. The smallest absolute Gasteiger partial charge is 0.338 e. The number of hydrogen-bond acceptors (Lipinski definition) is 2. The van der Waals surface area contributed by atoms with Crippen molar-refractivity contribution in [3.63, 3.8) is 0 Å². The highest BCUT2D eigenvalue weighted by Crippen LogP contribution is 2.09. The Kier molecular flexibility index (Phi) is 12.2. The van der Waals surface area contributed by atoms with Crippen molar-refractivity contribution in [2.45, 2.75) is 64.7 Å². The van der Waals surface area contributed by atoms with Gasteiger partial charge in [-0.25, -0.2) is 4.79 Å². The third-order valence-corrected chi connectivity index (χ3v) is 3.73. The van der Waals surface area contributed by atoms with Gasteiger partial charge in [-0.15, -0.1) is 0 Å². The Labute approximate surface area is 147 Å². The van der Waals surface area contributed by atoms with Crippen LogP contribution < -0.4 is 0 Å². The first-order chi connectivity index (χ1) is 11.8. The fraction of sp³-hybridized carbons (Fsp3) is 0.500. The molecule has 0 atom stereocenters. The standard InChI is InChI=1S/C22H30O2/c1-2-3-4-5-6-7-8-9-10-11-12-13-17-20-24-22(23)21-18-15-14-16-19-21/h3-4,14-16,18-19H,2,7-13,17,20H2,1H3/b4-3+. The lowest BCUT2D eigenvalue weighted by atomic mass is 10.1. The molecule has 2 nitrogen and oxygen atoms in total. The first kappa shape index (κ1) is 20.0. The van der Waals surface area contributed by atoms with E-state index in [1.165, 1.54) is 32.1 Å². The van der Waals surface area contributed by atoms with Crippen molar-refractivity contribution in [2.75, 3.05) is 6.61 Å². The minimum Gasteiger partial charge on any atom is -0.462 e. The lowest BCUT2D eigenvalue weighted by Gasteiger charge is -2.04. The van der Waals surface area contributed by atoms with Crippen LogP contribution in [0.1, 0.15) is 75.1 Å². The van der Waals surface area contributed by atoms with Crippen LogP contribution in [-0.4, -0.2) is 12.6 Å². The van der Waals surface area contributed by atoms with Crippen molar-refractivity contribution < 1.29 is 9.53 Å². The summed E-state index contributed by atoms with van der Waals surface area (Å²) in [5.41, 5.74) is 0.630. The molecule has 24 heavy (non-hydrogen) atoms. The van der Waals surface area contributed by atoms with E-state index in [-0.39, 0.29) is 5.97 Å². The summed E-state index contributed by atoms with van der Waals surface area (Å²) in [5, 5.41) is 0. The first-order valence-corrected chi connectivity index (χ1v) is 9.20. The Bertz CT molecular complexity index is 520. The fourth-order valence-electron chi connectivity index (χ4n) is 2.33. The van der Waals surface area contributed by atoms with Crippen molar-refractivity contribution in [2.24, 2.45) is 0 Å². The van der Waals surface area contributed by atoms with Crippen LogP contribution in [-0.2, 0) is 4.74 Å². The zero-order valence-corrected chi connectivity index (χ0v) is 14.9. The Morgan fingerprint density at radius 3 is 2.38 bits per heavy atom. The molecule has 0 saturated carbocycles. The van der Waals surface area contributed by atoms with Crippen molar-refractivity contribution in [3.8, 4) is 11.8 Å². The molecule has 0 saturated heterocycles. The molecule has 1 aromatic rings. The summed E-state index contributed by atoms with van der Waals surface area (Å²) in [7, 11) is 0. The van der Waals surface area contributed by atoms with Gasteiger partial charge in [0, 0.05) is 6.42 Å². The van der Waals surface area contributed by atoms with Crippen molar-refractivity contribution >= 4 is 5.97 Å². The number of carbonyl (C=O) groups is 1. The molecule has 0 unspecified atom stereocenters. The Balaban J connectivity index is 1.88. The molecule has 1 aromatic carbocycles. The molecule has 130 valence electrons. The average molecular weight is 326 g/mol. The Hall–Kier alpha value is -2.01. The molecular weight excluding hydrogens is 296 g/mol. The number of hydrogen-bond donors (Lipinski definition) is 0. The topological polar surface area (TPSA) is 26.3 Å². The number of benzene rings is 1. The molecule has 0 fully saturated rings. The molecular formula is C22H30O2.